The maximum Gasteiger partial charge on any atom is 0.108 e. The molecular formula is C15H28N4. The molecule has 0 spiro atoms. The molecule has 0 bridgehead atoms. The monoisotopic (exact) mass is 264 g/mol. The van der Waals surface area contributed by atoms with Crippen LogP contribution in [0.25, 0.3) is 0 Å². The molecule has 1 heterocycles. The number of nitriles is 1. The van der Waals surface area contributed by atoms with Gasteiger partial charge in [-0.25, -0.2) is 0 Å². The van der Waals surface area contributed by atoms with Crippen molar-refractivity contribution >= 4 is 0 Å². The van der Waals surface area contributed by atoms with Crippen molar-refractivity contribution < 1.29 is 0 Å². The third kappa shape index (κ3) is 3.10. The van der Waals surface area contributed by atoms with Gasteiger partial charge in [-0.3, -0.25) is 4.90 Å². The van der Waals surface area contributed by atoms with E-state index in [2.05, 4.69) is 35.2 Å². The number of nitrogens with one attached hydrogen (secondary N) is 1. The highest BCUT2D eigenvalue weighted by Gasteiger charge is 2.40. The van der Waals surface area contributed by atoms with E-state index in [0.717, 1.165) is 31.8 Å². The maximum atomic E-state index is 9.34. The van der Waals surface area contributed by atoms with E-state index in [1.165, 1.54) is 25.9 Å². The second kappa shape index (κ2) is 6.21. The predicted molar refractivity (Wildman–Crippen MR) is 77.9 cm³/mol. The summed E-state index contributed by atoms with van der Waals surface area (Å²) < 4.78 is 0. The molecule has 0 aromatic heterocycles. The Kier molecular flexibility index (Phi) is 4.83. The van der Waals surface area contributed by atoms with Gasteiger partial charge in [-0.2, -0.15) is 5.26 Å². The van der Waals surface area contributed by atoms with Gasteiger partial charge in [0.05, 0.1) is 6.07 Å². The molecule has 1 N–H and O–H groups in total. The lowest BCUT2D eigenvalue weighted by Crippen LogP contribution is -2.44. The largest absolute Gasteiger partial charge is 0.302 e. The van der Waals surface area contributed by atoms with E-state index < -0.39 is 0 Å². The maximum absolute atomic E-state index is 9.34. The zero-order chi connectivity index (χ0) is 13.9. The summed E-state index contributed by atoms with van der Waals surface area (Å²) >= 11 is 0. The standard InChI is InChI=1S/C15H28N4/c1-4-19-9-5-6-14(19)11-18(3)13-7-8-15(10-13,12-16)17-2/h13-14,17H,4-11H2,1-3H3. The average molecular weight is 264 g/mol. The van der Waals surface area contributed by atoms with Crippen molar-refractivity contribution in [2.24, 2.45) is 0 Å². The van der Waals surface area contributed by atoms with Crippen LogP contribution in [-0.4, -0.2) is 61.2 Å². The van der Waals surface area contributed by atoms with Crippen molar-refractivity contribution in [3.05, 3.63) is 0 Å². The van der Waals surface area contributed by atoms with Gasteiger partial charge < -0.3 is 10.2 Å². The van der Waals surface area contributed by atoms with Crippen LogP contribution >= 0.6 is 0 Å². The Labute approximate surface area is 117 Å². The third-order valence-electron chi connectivity index (χ3n) is 5.21. The van der Waals surface area contributed by atoms with Crippen LogP contribution in [0.3, 0.4) is 0 Å². The van der Waals surface area contributed by atoms with E-state index in [0.29, 0.717) is 6.04 Å². The van der Waals surface area contributed by atoms with Crippen LogP contribution in [-0.2, 0) is 0 Å². The van der Waals surface area contributed by atoms with Crippen molar-refractivity contribution in [3.63, 3.8) is 0 Å². The van der Waals surface area contributed by atoms with Gasteiger partial charge >= 0.3 is 0 Å². The first-order valence-electron chi connectivity index (χ1n) is 7.68. The molecule has 0 radical (unpaired) electrons. The van der Waals surface area contributed by atoms with Gasteiger partial charge in [0.1, 0.15) is 5.54 Å². The number of likely N-dealkylation sites (N-methyl/N-ethyl adjacent to an activating group) is 2. The molecule has 1 aliphatic heterocycles. The first kappa shape index (κ1) is 14.8. The van der Waals surface area contributed by atoms with Crippen LogP contribution in [0.1, 0.15) is 39.0 Å². The molecule has 2 rings (SSSR count). The zero-order valence-electron chi connectivity index (χ0n) is 12.7. The highest BCUT2D eigenvalue weighted by Crippen LogP contribution is 2.32. The molecule has 3 atom stereocenters. The Balaban J connectivity index is 1.88. The van der Waals surface area contributed by atoms with E-state index in [1.807, 2.05) is 7.05 Å². The van der Waals surface area contributed by atoms with Crippen LogP contribution in [0.5, 0.6) is 0 Å². The van der Waals surface area contributed by atoms with Crippen LogP contribution in [0.4, 0.5) is 0 Å². The van der Waals surface area contributed by atoms with Crippen LogP contribution in [0, 0.1) is 11.3 Å². The lowest BCUT2D eigenvalue weighted by molar-refractivity contribution is 0.161. The number of likely N-dealkylation sites (tertiary alicyclic amines) is 1. The van der Waals surface area contributed by atoms with Crippen molar-refractivity contribution in [1.82, 2.24) is 15.1 Å². The summed E-state index contributed by atoms with van der Waals surface area (Å²) in [5, 5.41) is 12.6. The fraction of sp³-hybridized carbons (Fsp3) is 0.933. The van der Waals surface area contributed by atoms with Gasteiger partial charge in [-0.05, 0) is 59.3 Å². The van der Waals surface area contributed by atoms with Gasteiger partial charge in [-0.1, -0.05) is 6.92 Å². The summed E-state index contributed by atoms with van der Waals surface area (Å²) in [6.45, 7) is 5.85. The van der Waals surface area contributed by atoms with Crippen molar-refractivity contribution in [1.29, 1.82) is 5.26 Å². The van der Waals surface area contributed by atoms with Crippen molar-refractivity contribution in [3.8, 4) is 6.07 Å². The Bertz CT molecular complexity index is 338. The molecule has 4 heteroatoms. The molecule has 0 aromatic carbocycles. The van der Waals surface area contributed by atoms with E-state index >= 15 is 0 Å². The summed E-state index contributed by atoms with van der Waals surface area (Å²) in [6, 6.07) is 3.76. The molecule has 2 fully saturated rings. The second-order valence-corrected chi connectivity index (χ2v) is 6.20. The smallest absolute Gasteiger partial charge is 0.108 e. The SMILES string of the molecule is CCN1CCCC1CN(C)C1CCC(C#N)(NC)C1. The fourth-order valence-electron chi connectivity index (χ4n) is 3.78. The molecule has 1 saturated heterocycles. The molecular weight excluding hydrogens is 236 g/mol. The first-order valence-corrected chi connectivity index (χ1v) is 7.68. The molecule has 0 aromatic rings. The van der Waals surface area contributed by atoms with Crippen molar-refractivity contribution in [2.45, 2.75) is 56.7 Å². The summed E-state index contributed by atoms with van der Waals surface area (Å²) in [5.74, 6) is 0. The average Bonchev–Trinajstić information content (AvgIpc) is 3.05. The lowest BCUT2D eigenvalue weighted by Gasteiger charge is -2.32. The summed E-state index contributed by atoms with van der Waals surface area (Å²) in [7, 11) is 4.15. The van der Waals surface area contributed by atoms with E-state index in [1.54, 1.807) is 0 Å². The summed E-state index contributed by atoms with van der Waals surface area (Å²) in [5.41, 5.74) is -0.279. The number of hydrogen-bond acceptors (Lipinski definition) is 4. The Hall–Kier alpha value is -0.630. The summed E-state index contributed by atoms with van der Waals surface area (Å²) in [6.07, 6.45) is 5.77. The van der Waals surface area contributed by atoms with E-state index in [9.17, 15) is 5.26 Å². The van der Waals surface area contributed by atoms with Gasteiger partial charge in [0.15, 0.2) is 0 Å². The molecule has 19 heavy (non-hydrogen) atoms. The minimum Gasteiger partial charge on any atom is -0.302 e. The van der Waals surface area contributed by atoms with Crippen LogP contribution in [0.2, 0.25) is 0 Å². The second-order valence-electron chi connectivity index (χ2n) is 6.20. The number of nitrogens with zero attached hydrogens (tertiary/aromatic N) is 3. The highest BCUT2D eigenvalue weighted by atomic mass is 15.2. The van der Waals surface area contributed by atoms with Gasteiger partial charge in [0.25, 0.3) is 0 Å². The lowest BCUT2D eigenvalue weighted by atomic mass is 10.00. The number of rotatable bonds is 5. The molecule has 4 nitrogen and oxygen atoms in total. The summed E-state index contributed by atoms with van der Waals surface area (Å²) in [4.78, 5) is 5.09. The Morgan fingerprint density at radius 2 is 2.26 bits per heavy atom. The Morgan fingerprint density at radius 1 is 1.47 bits per heavy atom. The zero-order valence-corrected chi connectivity index (χ0v) is 12.7. The van der Waals surface area contributed by atoms with Crippen LogP contribution < -0.4 is 5.32 Å². The van der Waals surface area contributed by atoms with E-state index in [4.69, 9.17) is 0 Å². The Morgan fingerprint density at radius 3 is 2.84 bits per heavy atom. The first-order chi connectivity index (χ1) is 9.14. The molecule has 3 unspecified atom stereocenters. The molecule has 1 aliphatic carbocycles. The molecule has 2 aliphatic rings. The highest BCUT2D eigenvalue weighted by molar-refractivity contribution is 5.12. The van der Waals surface area contributed by atoms with Crippen molar-refractivity contribution in [2.75, 3.05) is 33.7 Å². The van der Waals surface area contributed by atoms with Gasteiger partial charge in [-0.15, -0.1) is 0 Å². The predicted octanol–water partition coefficient (Wildman–Crippen LogP) is 1.44. The van der Waals surface area contributed by atoms with Gasteiger partial charge in [0.2, 0.25) is 0 Å². The fourth-order valence-corrected chi connectivity index (χ4v) is 3.78. The quantitative estimate of drug-likeness (QED) is 0.816. The van der Waals surface area contributed by atoms with Crippen LogP contribution in [0.15, 0.2) is 0 Å². The molecule has 0 amide bonds. The normalized spacial score (nSPS) is 35.9. The molecule has 108 valence electrons. The van der Waals surface area contributed by atoms with E-state index in [-0.39, 0.29) is 5.54 Å². The minimum absolute atomic E-state index is 0.279. The third-order valence-corrected chi connectivity index (χ3v) is 5.21. The minimum atomic E-state index is -0.279. The van der Waals surface area contributed by atoms with Gasteiger partial charge in [0, 0.05) is 18.6 Å². The number of hydrogen-bond donors (Lipinski definition) is 1. The molecule has 1 saturated carbocycles. The topological polar surface area (TPSA) is 42.3 Å².